The summed E-state index contributed by atoms with van der Waals surface area (Å²) in [7, 11) is 0. The molecular weight excluding hydrogens is 198 g/mol. The summed E-state index contributed by atoms with van der Waals surface area (Å²) in [5, 5.41) is 1.89. The van der Waals surface area contributed by atoms with Gasteiger partial charge in [-0.25, -0.2) is 5.01 Å². The second-order valence-electron chi connectivity index (χ2n) is 3.83. The van der Waals surface area contributed by atoms with E-state index in [1.165, 1.54) is 19.3 Å². The average molecular weight is 217 g/mol. The van der Waals surface area contributed by atoms with Crippen LogP contribution in [0.3, 0.4) is 0 Å². The normalized spacial score (nSPS) is 15.8. The van der Waals surface area contributed by atoms with Gasteiger partial charge in [0.1, 0.15) is 0 Å². The van der Waals surface area contributed by atoms with Crippen LogP contribution in [0, 0.1) is 12.3 Å². The van der Waals surface area contributed by atoms with Crippen LogP contribution in [0.5, 0.6) is 0 Å². The zero-order valence-electron chi connectivity index (χ0n) is 9.52. The van der Waals surface area contributed by atoms with Gasteiger partial charge in [-0.1, -0.05) is 24.5 Å². The van der Waals surface area contributed by atoms with Crippen molar-refractivity contribution in [3.63, 3.8) is 0 Å². The Balaban J connectivity index is 0.000000165. The van der Waals surface area contributed by atoms with Crippen LogP contribution in [0.4, 0.5) is 5.69 Å². The fourth-order valence-electron chi connectivity index (χ4n) is 1.55. The molecule has 3 heteroatoms. The highest BCUT2D eigenvalue weighted by Crippen LogP contribution is 2.07. The predicted molar refractivity (Wildman–Crippen MR) is 68.4 cm³/mol. The van der Waals surface area contributed by atoms with E-state index in [0.717, 1.165) is 18.7 Å². The summed E-state index contributed by atoms with van der Waals surface area (Å²) in [6, 6.07) is 7.33. The fraction of sp³-hybridized carbons (Fsp3) is 0.385. The van der Waals surface area contributed by atoms with E-state index in [9.17, 15) is 0 Å². The maximum Gasteiger partial charge on any atom is 0.0473 e. The fourth-order valence-corrected chi connectivity index (χ4v) is 1.55. The molecular formula is C13H19N3. The molecule has 0 amide bonds. The molecule has 1 heterocycles. The van der Waals surface area contributed by atoms with Crippen LogP contribution >= 0.6 is 0 Å². The average Bonchev–Trinajstić information content (AvgIpc) is 2.31. The van der Waals surface area contributed by atoms with E-state index < -0.39 is 0 Å². The van der Waals surface area contributed by atoms with Gasteiger partial charge >= 0.3 is 0 Å². The number of nitrogens with zero attached hydrogens (tertiary/aromatic N) is 1. The lowest BCUT2D eigenvalue weighted by atomic mass is 10.2. The minimum Gasteiger partial charge on any atom is -0.398 e. The Hall–Kier alpha value is -1.50. The van der Waals surface area contributed by atoms with Crippen LogP contribution in [0.25, 0.3) is 0 Å². The van der Waals surface area contributed by atoms with E-state index in [2.05, 4.69) is 5.92 Å². The maximum atomic E-state index is 5.49. The number of hydrogen-bond donors (Lipinski definition) is 2. The molecule has 4 N–H and O–H groups in total. The minimum absolute atomic E-state index is 0.667. The van der Waals surface area contributed by atoms with Crippen LogP contribution in [0.15, 0.2) is 24.3 Å². The summed E-state index contributed by atoms with van der Waals surface area (Å²) in [4.78, 5) is 0. The number of nitrogens with two attached hydrogens (primary N) is 2. The van der Waals surface area contributed by atoms with Crippen molar-refractivity contribution in [2.45, 2.75) is 19.3 Å². The molecule has 0 aromatic heterocycles. The van der Waals surface area contributed by atoms with Crippen molar-refractivity contribution in [3.05, 3.63) is 29.8 Å². The molecule has 1 fully saturated rings. The van der Waals surface area contributed by atoms with Gasteiger partial charge < -0.3 is 5.73 Å². The number of para-hydroxylation sites is 1. The van der Waals surface area contributed by atoms with Gasteiger partial charge in [0.15, 0.2) is 0 Å². The van der Waals surface area contributed by atoms with Gasteiger partial charge in [-0.05, 0) is 25.0 Å². The molecule has 0 atom stereocenters. The molecule has 0 spiro atoms. The Labute approximate surface area is 97.4 Å². The Morgan fingerprint density at radius 3 is 2.12 bits per heavy atom. The van der Waals surface area contributed by atoms with Gasteiger partial charge in [-0.2, -0.15) is 0 Å². The third kappa shape index (κ3) is 4.35. The molecule has 0 bridgehead atoms. The Morgan fingerprint density at radius 1 is 1.12 bits per heavy atom. The van der Waals surface area contributed by atoms with Crippen molar-refractivity contribution in [2.24, 2.45) is 5.84 Å². The molecule has 1 aliphatic rings. The van der Waals surface area contributed by atoms with Crippen molar-refractivity contribution in [1.29, 1.82) is 0 Å². The van der Waals surface area contributed by atoms with Crippen LogP contribution < -0.4 is 11.6 Å². The van der Waals surface area contributed by atoms with Gasteiger partial charge in [0, 0.05) is 24.3 Å². The van der Waals surface area contributed by atoms with Crippen molar-refractivity contribution in [3.8, 4) is 12.3 Å². The highest BCUT2D eigenvalue weighted by Gasteiger charge is 2.02. The van der Waals surface area contributed by atoms with Gasteiger partial charge in [-0.3, -0.25) is 5.84 Å². The summed E-state index contributed by atoms with van der Waals surface area (Å²) >= 11 is 0. The quantitative estimate of drug-likeness (QED) is 0.394. The summed E-state index contributed by atoms with van der Waals surface area (Å²) in [6.45, 7) is 2.19. The molecule has 0 aliphatic carbocycles. The molecule has 3 nitrogen and oxygen atoms in total. The smallest absolute Gasteiger partial charge is 0.0473 e. The van der Waals surface area contributed by atoms with Crippen molar-refractivity contribution < 1.29 is 0 Å². The zero-order chi connectivity index (χ0) is 11.8. The summed E-state index contributed by atoms with van der Waals surface area (Å²) < 4.78 is 0. The predicted octanol–water partition coefficient (Wildman–Crippen LogP) is 1.60. The lowest BCUT2D eigenvalue weighted by Gasteiger charge is -2.20. The highest BCUT2D eigenvalue weighted by atomic mass is 15.4. The van der Waals surface area contributed by atoms with E-state index in [-0.39, 0.29) is 0 Å². The van der Waals surface area contributed by atoms with Gasteiger partial charge in [-0.15, -0.1) is 6.42 Å². The summed E-state index contributed by atoms with van der Waals surface area (Å²) in [5.41, 5.74) is 6.92. The molecule has 0 unspecified atom stereocenters. The number of nitrogen functional groups attached to an aromatic ring is 1. The largest absolute Gasteiger partial charge is 0.398 e. The third-order valence-electron chi connectivity index (χ3n) is 2.51. The highest BCUT2D eigenvalue weighted by molar-refractivity contribution is 5.54. The van der Waals surface area contributed by atoms with Crippen LogP contribution in [-0.2, 0) is 0 Å². The minimum atomic E-state index is 0.667. The molecule has 2 rings (SSSR count). The number of hydrazine groups is 1. The molecule has 1 saturated heterocycles. The number of anilines is 1. The van der Waals surface area contributed by atoms with Crippen LogP contribution in [-0.4, -0.2) is 18.1 Å². The first-order valence-corrected chi connectivity index (χ1v) is 5.55. The third-order valence-corrected chi connectivity index (χ3v) is 2.51. The first-order valence-electron chi connectivity index (χ1n) is 5.55. The van der Waals surface area contributed by atoms with E-state index in [1.54, 1.807) is 6.07 Å². The summed E-state index contributed by atoms with van der Waals surface area (Å²) in [6.07, 6.45) is 9.07. The maximum absolute atomic E-state index is 5.49. The second kappa shape index (κ2) is 6.89. The van der Waals surface area contributed by atoms with Gasteiger partial charge in [0.2, 0.25) is 0 Å². The van der Waals surface area contributed by atoms with E-state index in [0.29, 0.717) is 5.69 Å². The number of terminal acetylenes is 1. The van der Waals surface area contributed by atoms with E-state index >= 15 is 0 Å². The summed E-state index contributed by atoms with van der Waals surface area (Å²) in [5.74, 6) is 7.94. The molecule has 1 aliphatic heterocycles. The SMILES string of the molecule is C#Cc1ccccc1N.NN1CCCCC1. The number of piperidine rings is 1. The lowest BCUT2D eigenvalue weighted by Crippen LogP contribution is -2.35. The first kappa shape index (κ1) is 12.6. The number of benzene rings is 1. The van der Waals surface area contributed by atoms with Crippen molar-refractivity contribution in [2.75, 3.05) is 18.8 Å². The van der Waals surface area contributed by atoms with Crippen molar-refractivity contribution >= 4 is 5.69 Å². The Morgan fingerprint density at radius 2 is 1.75 bits per heavy atom. The number of hydrogen-bond acceptors (Lipinski definition) is 3. The molecule has 0 radical (unpaired) electrons. The molecule has 16 heavy (non-hydrogen) atoms. The standard InChI is InChI=1S/C8H7N.C5H12N2/c1-2-7-5-3-4-6-8(7)9;6-7-4-2-1-3-5-7/h1,3-6H,9H2;1-6H2. The number of rotatable bonds is 0. The van der Waals surface area contributed by atoms with Gasteiger partial charge in [0.25, 0.3) is 0 Å². The molecule has 1 aromatic rings. The Bertz CT molecular complexity index is 348. The molecule has 0 saturated carbocycles. The van der Waals surface area contributed by atoms with Gasteiger partial charge in [0.05, 0.1) is 0 Å². The van der Waals surface area contributed by atoms with E-state index in [4.69, 9.17) is 18.0 Å². The monoisotopic (exact) mass is 217 g/mol. The zero-order valence-corrected chi connectivity index (χ0v) is 9.52. The van der Waals surface area contributed by atoms with Crippen molar-refractivity contribution in [1.82, 2.24) is 5.01 Å². The first-order chi connectivity index (χ1) is 7.74. The molecule has 86 valence electrons. The second-order valence-corrected chi connectivity index (χ2v) is 3.83. The van der Waals surface area contributed by atoms with E-state index in [1.807, 2.05) is 23.2 Å². The Kier molecular flexibility index (Phi) is 5.41. The lowest BCUT2D eigenvalue weighted by molar-refractivity contribution is 0.235. The molecule has 1 aromatic carbocycles. The van der Waals surface area contributed by atoms with Crippen LogP contribution in [0.2, 0.25) is 0 Å². The van der Waals surface area contributed by atoms with Crippen LogP contribution in [0.1, 0.15) is 24.8 Å². The topological polar surface area (TPSA) is 55.3 Å².